The van der Waals surface area contributed by atoms with E-state index < -0.39 is 0 Å². The van der Waals surface area contributed by atoms with E-state index in [2.05, 4.69) is 60.1 Å². The van der Waals surface area contributed by atoms with Gasteiger partial charge in [-0.15, -0.1) is 0 Å². The van der Waals surface area contributed by atoms with Crippen LogP contribution in [-0.4, -0.2) is 26.1 Å². The Bertz CT molecular complexity index is 876. The molecule has 1 atom stereocenters. The zero-order valence-corrected chi connectivity index (χ0v) is 15.9. The molecule has 1 aromatic carbocycles. The summed E-state index contributed by atoms with van der Waals surface area (Å²) in [5.74, 6) is 0. The quantitative estimate of drug-likeness (QED) is 0.630. The van der Waals surface area contributed by atoms with Gasteiger partial charge in [0.25, 0.3) is 0 Å². The average molecular weight is 413 g/mol. The Labute approximate surface area is 160 Å². The third-order valence-corrected chi connectivity index (χ3v) is 5.26. The average Bonchev–Trinajstić information content (AvgIpc) is 3.12. The van der Waals surface area contributed by atoms with Crippen molar-refractivity contribution in [1.82, 2.24) is 14.5 Å². The van der Waals surface area contributed by atoms with Crippen LogP contribution >= 0.6 is 28.1 Å². The van der Waals surface area contributed by atoms with Crippen LogP contribution in [0.15, 0.2) is 71.6 Å². The fourth-order valence-electron chi connectivity index (χ4n) is 3.22. The molecule has 0 saturated heterocycles. The molecule has 0 saturated carbocycles. The first kappa shape index (κ1) is 16.3. The third-order valence-electron chi connectivity index (χ3n) is 4.39. The molecule has 126 valence electrons. The fraction of sp³-hybridized carbons (Fsp3) is 0.158. The number of anilines is 1. The molecule has 0 fully saturated rings. The van der Waals surface area contributed by atoms with Crippen molar-refractivity contribution in [1.29, 1.82) is 0 Å². The summed E-state index contributed by atoms with van der Waals surface area (Å²) >= 11 is 9.20. The molecular weight excluding hydrogens is 396 g/mol. The molecule has 0 bridgehead atoms. The van der Waals surface area contributed by atoms with E-state index in [0.29, 0.717) is 0 Å². The van der Waals surface area contributed by atoms with Crippen LogP contribution in [0.5, 0.6) is 0 Å². The zero-order chi connectivity index (χ0) is 17.2. The Kier molecular flexibility index (Phi) is 4.55. The minimum Gasteiger partial charge on any atom is -0.348 e. The number of nitrogens with zero attached hydrogens (tertiary/aromatic N) is 3. The third kappa shape index (κ3) is 3.32. The summed E-state index contributed by atoms with van der Waals surface area (Å²) in [7, 11) is 0. The van der Waals surface area contributed by atoms with E-state index in [1.54, 1.807) is 6.20 Å². The van der Waals surface area contributed by atoms with Crippen molar-refractivity contribution in [2.24, 2.45) is 0 Å². The number of pyridine rings is 1. The lowest BCUT2D eigenvalue weighted by atomic mass is 10.0. The molecular formula is C19H17BrN4S. The van der Waals surface area contributed by atoms with Crippen LogP contribution in [0.1, 0.15) is 17.3 Å². The predicted molar refractivity (Wildman–Crippen MR) is 108 cm³/mol. The number of fused-ring (bicyclic) bond motifs is 1. The van der Waals surface area contributed by atoms with E-state index >= 15 is 0 Å². The molecule has 0 aliphatic carbocycles. The van der Waals surface area contributed by atoms with E-state index in [9.17, 15) is 0 Å². The van der Waals surface area contributed by atoms with Gasteiger partial charge in [0.05, 0.1) is 6.04 Å². The lowest BCUT2D eigenvalue weighted by Crippen LogP contribution is -2.44. The van der Waals surface area contributed by atoms with E-state index in [0.717, 1.165) is 33.9 Å². The van der Waals surface area contributed by atoms with Crippen molar-refractivity contribution in [3.05, 3.63) is 82.9 Å². The van der Waals surface area contributed by atoms with Crippen molar-refractivity contribution in [3.63, 3.8) is 0 Å². The highest BCUT2D eigenvalue weighted by Gasteiger charge is 2.30. The second-order valence-corrected chi connectivity index (χ2v) is 7.25. The number of aromatic nitrogens is 2. The van der Waals surface area contributed by atoms with Gasteiger partial charge < -0.3 is 14.8 Å². The highest BCUT2D eigenvalue weighted by molar-refractivity contribution is 9.10. The molecule has 0 amide bonds. The minimum absolute atomic E-state index is 0.0629. The molecule has 4 rings (SSSR count). The van der Waals surface area contributed by atoms with Gasteiger partial charge in [0.1, 0.15) is 0 Å². The van der Waals surface area contributed by atoms with Gasteiger partial charge in [0.2, 0.25) is 0 Å². The Morgan fingerprint density at radius 3 is 2.72 bits per heavy atom. The summed E-state index contributed by atoms with van der Waals surface area (Å²) in [5.41, 5.74) is 3.36. The van der Waals surface area contributed by atoms with Gasteiger partial charge in [-0.3, -0.25) is 4.98 Å². The molecule has 1 aliphatic heterocycles. The Balaban J connectivity index is 1.65. The minimum atomic E-state index is 0.0629. The highest BCUT2D eigenvalue weighted by atomic mass is 79.9. The van der Waals surface area contributed by atoms with Crippen LogP contribution in [0, 0.1) is 0 Å². The lowest BCUT2D eigenvalue weighted by molar-refractivity contribution is 0.293. The van der Waals surface area contributed by atoms with Gasteiger partial charge in [0.15, 0.2) is 5.11 Å². The topological polar surface area (TPSA) is 33.1 Å². The Morgan fingerprint density at radius 2 is 1.96 bits per heavy atom. The molecule has 0 radical (unpaired) electrons. The molecule has 0 unspecified atom stereocenters. The summed E-state index contributed by atoms with van der Waals surface area (Å²) in [6.45, 7) is 1.77. The largest absolute Gasteiger partial charge is 0.348 e. The normalized spacial score (nSPS) is 16.4. The monoisotopic (exact) mass is 412 g/mol. The Morgan fingerprint density at radius 1 is 1.12 bits per heavy atom. The number of hydrogen-bond donors (Lipinski definition) is 1. The summed E-state index contributed by atoms with van der Waals surface area (Å²) < 4.78 is 3.34. The summed E-state index contributed by atoms with van der Waals surface area (Å²) in [6, 6.07) is 16.4. The standard InChI is InChI=1S/C19H17BrN4S/c20-15-5-7-16(8-6-15)22-19(25)24-12-11-23-10-2-4-17(23)18(24)14-3-1-9-21-13-14/h1-10,13,18H,11-12H2,(H,22,25)/t18-/m1/s1. The number of rotatable bonds is 2. The van der Waals surface area contributed by atoms with Crippen LogP contribution in [0.4, 0.5) is 5.69 Å². The summed E-state index contributed by atoms with van der Waals surface area (Å²) in [4.78, 5) is 6.54. The zero-order valence-electron chi connectivity index (χ0n) is 13.5. The number of hydrogen-bond acceptors (Lipinski definition) is 2. The van der Waals surface area contributed by atoms with Gasteiger partial charge >= 0.3 is 0 Å². The van der Waals surface area contributed by atoms with Gasteiger partial charge in [-0.25, -0.2) is 0 Å². The number of halogens is 1. The lowest BCUT2D eigenvalue weighted by Gasteiger charge is -2.38. The predicted octanol–water partition coefficient (Wildman–Crippen LogP) is 4.45. The van der Waals surface area contributed by atoms with Gasteiger partial charge in [-0.2, -0.15) is 0 Å². The smallest absolute Gasteiger partial charge is 0.174 e. The second kappa shape index (κ2) is 6.98. The maximum atomic E-state index is 5.74. The number of thiocarbonyl (C=S) groups is 1. The van der Waals surface area contributed by atoms with Crippen LogP contribution in [-0.2, 0) is 6.54 Å². The van der Waals surface area contributed by atoms with Crippen molar-refractivity contribution in [2.75, 3.05) is 11.9 Å². The molecule has 6 heteroatoms. The molecule has 0 spiro atoms. The second-order valence-electron chi connectivity index (χ2n) is 5.95. The summed E-state index contributed by atoms with van der Waals surface area (Å²) in [6.07, 6.45) is 5.85. The highest BCUT2D eigenvalue weighted by Crippen LogP contribution is 2.32. The fourth-order valence-corrected chi connectivity index (χ4v) is 3.80. The molecule has 25 heavy (non-hydrogen) atoms. The molecule has 3 aromatic rings. The summed E-state index contributed by atoms with van der Waals surface area (Å²) in [5, 5.41) is 4.09. The molecule has 1 N–H and O–H groups in total. The maximum Gasteiger partial charge on any atom is 0.174 e. The van der Waals surface area contributed by atoms with Crippen molar-refractivity contribution >= 4 is 38.9 Å². The Hall–Kier alpha value is -2.18. The van der Waals surface area contributed by atoms with E-state index in [1.165, 1.54) is 5.69 Å². The van der Waals surface area contributed by atoms with E-state index in [-0.39, 0.29) is 6.04 Å². The first-order valence-electron chi connectivity index (χ1n) is 8.10. The first-order chi connectivity index (χ1) is 12.2. The van der Waals surface area contributed by atoms with Crippen LogP contribution in [0.25, 0.3) is 0 Å². The van der Waals surface area contributed by atoms with Gasteiger partial charge in [0, 0.05) is 47.5 Å². The number of nitrogens with one attached hydrogen (secondary N) is 1. The molecule has 3 heterocycles. The molecule has 1 aliphatic rings. The number of benzene rings is 1. The molecule has 2 aromatic heterocycles. The van der Waals surface area contributed by atoms with Crippen molar-refractivity contribution in [3.8, 4) is 0 Å². The van der Waals surface area contributed by atoms with Crippen LogP contribution in [0.3, 0.4) is 0 Å². The van der Waals surface area contributed by atoms with Crippen LogP contribution < -0.4 is 5.32 Å². The maximum absolute atomic E-state index is 5.74. The van der Waals surface area contributed by atoms with Crippen molar-refractivity contribution < 1.29 is 0 Å². The van der Waals surface area contributed by atoms with Gasteiger partial charge in [-0.1, -0.05) is 22.0 Å². The van der Waals surface area contributed by atoms with E-state index in [1.807, 2.05) is 36.5 Å². The molecule has 4 nitrogen and oxygen atoms in total. The SMILES string of the molecule is S=C(Nc1ccc(Br)cc1)N1CCn2cccc2[C@H]1c1cccnc1. The van der Waals surface area contributed by atoms with E-state index in [4.69, 9.17) is 12.2 Å². The van der Waals surface area contributed by atoms with Crippen LogP contribution in [0.2, 0.25) is 0 Å². The first-order valence-corrected chi connectivity index (χ1v) is 9.30. The van der Waals surface area contributed by atoms with Crippen molar-refractivity contribution in [2.45, 2.75) is 12.6 Å². The van der Waals surface area contributed by atoms with Gasteiger partial charge in [-0.05, 0) is 60.2 Å².